The molecule has 128 valence electrons. The first-order chi connectivity index (χ1) is 11.7. The summed E-state index contributed by atoms with van der Waals surface area (Å²) < 4.78 is 5.13. The molecule has 2 heterocycles. The van der Waals surface area contributed by atoms with Gasteiger partial charge in [0.25, 0.3) is 0 Å². The lowest BCUT2D eigenvalue weighted by atomic mass is 9.98. The smallest absolute Gasteiger partial charge is 0.224 e. The zero-order chi connectivity index (χ0) is 16.8. The first-order valence-electron chi connectivity index (χ1n) is 8.28. The molecule has 2 aromatic rings. The number of amides is 1. The molecule has 1 aliphatic rings. The predicted molar refractivity (Wildman–Crippen MR) is 96.8 cm³/mol. The minimum atomic E-state index is 0.0755. The van der Waals surface area contributed by atoms with Crippen LogP contribution in [0.15, 0.2) is 35.8 Å². The second-order valence-corrected chi connectivity index (χ2v) is 6.97. The Bertz CT molecular complexity index is 643. The van der Waals surface area contributed by atoms with Crippen LogP contribution in [0.1, 0.15) is 18.4 Å². The van der Waals surface area contributed by atoms with Crippen molar-refractivity contribution in [1.82, 2.24) is 10.3 Å². The van der Waals surface area contributed by atoms with E-state index in [1.807, 2.05) is 35.8 Å². The number of nitrogens with one attached hydrogen (secondary N) is 1. The quantitative estimate of drug-likeness (QED) is 0.875. The molecular weight excluding hydrogens is 322 g/mol. The van der Waals surface area contributed by atoms with Crippen molar-refractivity contribution in [2.75, 3.05) is 31.6 Å². The van der Waals surface area contributed by atoms with Crippen molar-refractivity contribution in [3.05, 3.63) is 41.4 Å². The number of piperidine rings is 1. The van der Waals surface area contributed by atoms with Crippen LogP contribution in [0.2, 0.25) is 0 Å². The zero-order valence-corrected chi connectivity index (χ0v) is 14.7. The molecule has 0 saturated carbocycles. The number of rotatable bonds is 6. The molecule has 1 atom stereocenters. The van der Waals surface area contributed by atoms with Crippen LogP contribution >= 0.6 is 11.3 Å². The Kier molecular flexibility index (Phi) is 5.69. The molecule has 1 saturated heterocycles. The second-order valence-electron chi connectivity index (χ2n) is 6.10. The van der Waals surface area contributed by atoms with E-state index in [2.05, 4.69) is 15.2 Å². The monoisotopic (exact) mass is 345 g/mol. The molecule has 1 aromatic carbocycles. The van der Waals surface area contributed by atoms with Gasteiger partial charge >= 0.3 is 0 Å². The highest BCUT2D eigenvalue weighted by atomic mass is 32.1. The number of hydrogen-bond donors (Lipinski definition) is 1. The second kappa shape index (κ2) is 8.15. The standard InChI is InChI=1S/C18H23N3O2S/c1-23-16-6-4-14(5-7-16)11-17(22)20-12-15-3-2-9-21(13-15)18-19-8-10-24-18/h4-8,10,15H,2-3,9,11-13H2,1H3,(H,20,22)/t15-/m0/s1. The summed E-state index contributed by atoms with van der Waals surface area (Å²) in [4.78, 5) is 18.9. The van der Waals surface area contributed by atoms with Gasteiger partial charge < -0.3 is 15.0 Å². The van der Waals surface area contributed by atoms with E-state index in [1.54, 1.807) is 18.4 Å². The third kappa shape index (κ3) is 4.47. The average molecular weight is 345 g/mol. The van der Waals surface area contributed by atoms with Gasteiger partial charge in [-0.1, -0.05) is 12.1 Å². The highest BCUT2D eigenvalue weighted by Gasteiger charge is 2.21. The number of ether oxygens (including phenoxy) is 1. The minimum Gasteiger partial charge on any atom is -0.497 e. The fourth-order valence-corrected chi connectivity index (χ4v) is 3.71. The van der Waals surface area contributed by atoms with Crippen LogP contribution in [0.5, 0.6) is 5.75 Å². The van der Waals surface area contributed by atoms with Gasteiger partial charge in [-0.2, -0.15) is 0 Å². The molecule has 1 aromatic heterocycles. The maximum Gasteiger partial charge on any atom is 0.224 e. The van der Waals surface area contributed by atoms with Crippen molar-refractivity contribution >= 4 is 22.4 Å². The van der Waals surface area contributed by atoms with Crippen molar-refractivity contribution in [3.8, 4) is 5.75 Å². The summed E-state index contributed by atoms with van der Waals surface area (Å²) >= 11 is 1.68. The number of hydrogen-bond acceptors (Lipinski definition) is 5. The Morgan fingerprint density at radius 3 is 2.96 bits per heavy atom. The summed E-state index contributed by atoms with van der Waals surface area (Å²) in [6, 6.07) is 7.64. The summed E-state index contributed by atoms with van der Waals surface area (Å²) in [5.74, 6) is 1.37. The largest absolute Gasteiger partial charge is 0.497 e. The fraction of sp³-hybridized carbons (Fsp3) is 0.444. The number of aromatic nitrogens is 1. The number of thiazole rings is 1. The number of carbonyl (C=O) groups excluding carboxylic acids is 1. The molecule has 5 nitrogen and oxygen atoms in total. The molecule has 1 N–H and O–H groups in total. The number of nitrogens with zero attached hydrogens (tertiary/aromatic N) is 2. The molecule has 3 rings (SSSR count). The van der Waals surface area contributed by atoms with Crippen molar-refractivity contribution in [1.29, 1.82) is 0 Å². The van der Waals surface area contributed by atoms with E-state index >= 15 is 0 Å². The molecule has 1 amide bonds. The Morgan fingerprint density at radius 1 is 1.42 bits per heavy atom. The molecule has 0 bridgehead atoms. The van der Waals surface area contributed by atoms with Gasteiger partial charge in [0.05, 0.1) is 13.5 Å². The highest BCUT2D eigenvalue weighted by Crippen LogP contribution is 2.24. The average Bonchev–Trinajstić information content (AvgIpc) is 3.16. The van der Waals surface area contributed by atoms with Gasteiger partial charge in [0.1, 0.15) is 5.75 Å². The van der Waals surface area contributed by atoms with Gasteiger partial charge in [-0.15, -0.1) is 11.3 Å². The normalized spacial score (nSPS) is 17.5. The number of anilines is 1. The van der Waals surface area contributed by atoms with Crippen molar-refractivity contribution in [2.24, 2.45) is 5.92 Å². The van der Waals surface area contributed by atoms with Gasteiger partial charge in [0.15, 0.2) is 5.13 Å². The Balaban J connectivity index is 1.45. The molecule has 1 fully saturated rings. The third-order valence-corrected chi connectivity index (χ3v) is 5.15. The van der Waals surface area contributed by atoms with Crippen LogP contribution in [0, 0.1) is 5.92 Å². The fourth-order valence-electron chi connectivity index (χ4n) is 3.03. The summed E-state index contributed by atoms with van der Waals surface area (Å²) in [6.07, 6.45) is 4.57. The van der Waals surface area contributed by atoms with Gasteiger partial charge in [-0.25, -0.2) is 4.98 Å². The lowest BCUT2D eigenvalue weighted by Gasteiger charge is -2.32. The minimum absolute atomic E-state index is 0.0755. The van der Waals surface area contributed by atoms with E-state index in [0.717, 1.165) is 48.9 Å². The zero-order valence-electron chi connectivity index (χ0n) is 13.9. The van der Waals surface area contributed by atoms with E-state index in [-0.39, 0.29) is 5.91 Å². The summed E-state index contributed by atoms with van der Waals surface area (Å²) in [5.41, 5.74) is 1.00. The molecule has 0 aliphatic carbocycles. The number of benzene rings is 1. The molecule has 1 aliphatic heterocycles. The van der Waals surface area contributed by atoms with Crippen LogP contribution in [-0.2, 0) is 11.2 Å². The molecule has 24 heavy (non-hydrogen) atoms. The van der Waals surface area contributed by atoms with Gasteiger partial charge in [0, 0.05) is 31.2 Å². The van der Waals surface area contributed by atoms with Crippen LogP contribution in [0.4, 0.5) is 5.13 Å². The van der Waals surface area contributed by atoms with E-state index < -0.39 is 0 Å². The Hall–Kier alpha value is -2.08. The molecule has 0 radical (unpaired) electrons. The molecule has 0 unspecified atom stereocenters. The van der Waals surface area contributed by atoms with Gasteiger partial charge in [-0.05, 0) is 36.5 Å². The predicted octanol–water partition coefficient (Wildman–Crippen LogP) is 2.73. The van der Waals surface area contributed by atoms with E-state index in [0.29, 0.717) is 12.3 Å². The van der Waals surface area contributed by atoms with Crippen LogP contribution in [0.3, 0.4) is 0 Å². The van der Waals surface area contributed by atoms with Crippen LogP contribution in [0.25, 0.3) is 0 Å². The first kappa shape index (κ1) is 16.8. The highest BCUT2D eigenvalue weighted by molar-refractivity contribution is 7.13. The maximum absolute atomic E-state index is 12.2. The van der Waals surface area contributed by atoms with Crippen molar-refractivity contribution in [2.45, 2.75) is 19.3 Å². The van der Waals surface area contributed by atoms with Gasteiger partial charge in [0.2, 0.25) is 5.91 Å². The third-order valence-electron chi connectivity index (χ3n) is 4.32. The number of methoxy groups -OCH3 is 1. The van der Waals surface area contributed by atoms with E-state index in [1.165, 1.54) is 0 Å². The summed E-state index contributed by atoms with van der Waals surface area (Å²) in [7, 11) is 1.64. The van der Waals surface area contributed by atoms with Crippen LogP contribution < -0.4 is 15.0 Å². The number of carbonyl (C=O) groups is 1. The molecule has 0 spiro atoms. The molecule has 6 heteroatoms. The summed E-state index contributed by atoms with van der Waals surface area (Å²) in [5, 5.41) is 6.18. The van der Waals surface area contributed by atoms with E-state index in [4.69, 9.17) is 4.74 Å². The lowest BCUT2D eigenvalue weighted by molar-refractivity contribution is -0.120. The van der Waals surface area contributed by atoms with Crippen LogP contribution in [-0.4, -0.2) is 37.6 Å². The van der Waals surface area contributed by atoms with E-state index in [9.17, 15) is 4.79 Å². The summed E-state index contributed by atoms with van der Waals surface area (Å²) in [6.45, 7) is 2.76. The lowest BCUT2D eigenvalue weighted by Crippen LogP contribution is -2.41. The first-order valence-corrected chi connectivity index (χ1v) is 9.16. The van der Waals surface area contributed by atoms with Crippen molar-refractivity contribution in [3.63, 3.8) is 0 Å². The molecular formula is C18H23N3O2S. The SMILES string of the molecule is COc1ccc(CC(=O)NC[C@@H]2CCCN(c3nccs3)C2)cc1. The van der Waals surface area contributed by atoms with Crippen molar-refractivity contribution < 1.29 is 9.53 Å². The maximum atomic E-state index is 12.2. The topological polar surface area (TPSA) is 54.5 Å². The van der Waals surface area contributed by atoms with Gasteiger partial charge in [-0.3, -0.25) is 4.79 Å². The Morgan fingerprint density at radius 2 is 2.25 bits per heavy atom. The Labute approximate surface area is 146 Å².